The highest BCUT2D eigenvalue weighted by atomic mass is 16.3. The summed E-state index contributed by atoms with van der Waals surface area (Å²) in [5, 5.41) is 0. The summed E-state index contributed by atoms with van der Waals surface area (Å²) in [6, 6.07) is 4.01. The van der Waals surface area contributed by atoms with E-state index in [1.165, 1.54) is 0 Å². The first-order valence-electron chi connectivity index (χ1n) is 8.25. The van der Waals surface area contributed by atoms with Gasteiger partial charge in [0.25, 0.3) is 0 Å². The number of aromatic nitrogens is 2. The maximum Gasteiger partial charge on any atom is 0.122 e. The van der Waals surface area contributed by atoms with Crippen LogP contribution in [-0.4, -0.2) is 45.5 Å². The van der Waals surface area contributed by atoms with Gasteiger partial charge >= 0.3 is 0 Å². The Kier molecular flexibility index (Phi) is 4.95. The van der Waals surface area contributed by atoms with Crippen LogP contribution >= 0.6 is 0 Å². The number of hydrogen-bond acceptors (Lipinski definition) is 4. The molecule has 0 unspecified atom stereocenters. The minimum absolute atomic E-state index is 0.616. The number of rotatable bonds is 6. The predicted octanol–water partition coefficient (Wildman–Crippen LogP) is 2.45. The van der Waals surface area contributed by atoms with Crippen LogP contribution in [0.5, 0.6) is 0 Å². The van der Waals surface area contributed by atoms with Gasteiger partial charge in [0.2, 0.25) is 0 Å². The van der Waals surface area contributed by atoms with E-state index in [-0.39, 0.29) is 0 Å². The molecule has 2 aromatic rings. The van der Waals surface area contributed by atoms with Crippen molar-refractivity contribution in [2.24, 2.45) is 5.92 Å². The lowest BCUT2D eigenvalue weighted by atomic mass is 10.1. The standard InChI is InChI=1S/C17H26N4O/c1-3-19(4-2)10-15-11-20(13-16-6-5-9-22-16)14-17-18-7-8-21(17)12-15/h5-9,15H,3-4,10-14H2,1-2H3/t15-/m0/s1. The monoisotopic (exact) mass is 302 g/mol. The van der Waals surface area contributed by atoms with Gasteiger partial charge in [-0.15, -0.1) is 0 Å². The maximum atomic E-state index is 5.53. The minimum atomic E-state index is 0.616. The molecule has 3 rings (SSSR count). The Morgan fingerprint density at radius 3 is 2.91 bits per heavy atom. The molecule has 0 bridgehead atoms. The lowest BCUT2D eigenvalue weighted by molar-refractivity contribution is 0.167. The molecule has 0 amide bonds. The number of furan rings is 1. The van der Waals surface area contributed by atoms with Crippen LogP contribution < -0.4 is 0 Å². The van der Waals surface area contributed by atoms with E-state index in [1.807, 2.05) is 12.3 Å². The van der Waals surface area contributed by atoms with Gasteiger partial charge < -0.3 is 13.9 Å². The van der Waals surface area contributed by atoms with Gasteiger partial charge in [0.05, 0.1) is 19.4 Å². The first-order chi connectivity index (χ1) is 10.8. The minimum Gasteiger partial charge on any atom is -0.468 e. The largest absolute Gasteiger partial charge is 0.468 e. The predicted molar refractivity (Wildman–Crippen MR) is 86.3 cm³/mol. The van der Waals surface area contributed by atoms with Crippen molar-refractivity contribution in [3.63, 3.8) is 0 Å². The highest BCUT2D eigenvalue weighted by molar-refractivity contribution is 5.01. The Morgan fingerprint density at radius 1 is 1.32 bits per heavy atom. The van der Waals surface area contributed by atoms with Gasteiger partial charge in [-0.2, -0.15) is 0 Å². The maximum absolute atomic E-state index is 5.53. The van der Waals surface area contributed by atoms with Crippen LogP contribution in [-0.2, 0) is 19.6 Å². The smallest absolute Gasteiger partial charge is 0.122 e. The van der Waals surface area contributed by atoms with Crippen molar-refractivity contribution < 1.29 is 4.42 Å². The SMILES string of the molecule is CCN(CC)C[C@H]1CN(Cc2ccco2)Cc2nccn2C1. The first kappa shape index (κ1) is 15.3. The fraction of sp³-hybridized carbons (Fsp3) is 0.588. The Bertz CT molecular complexity index is 559. The summed E-state index contributed by atoms with van der Waals surface area (Å²) in [5.74, 6) is 2.81. The van der Waals surface area contributed by atoms with E-state index in [1.54, 1.807) is 6.26 Å². The quantitative estimate of drug-likeness (QED) is 0.821. The van der Waals surface area contributed by atoms with Crippen LogP contribution in [0.4, 0.5) is 0 Å². The Hall–Kier alpha value is -1.59. The molecule has 22 heavy (non-hydrogen) atoms. The van der Waals surface area contributed by atoms with Crippen LogP contribution in [0, 0.1) is 5.92 Å². The van der Waals surface area contributed by atoms with E-state index in [4.69, 9.17) is 4.42 Å². The molecule has 0 aliphatic carbocycles. The van der Waals surface area contributed by atoms with Crippen molar-refractivity contribution >= 4 is 0 Å². The second-order valence-corrected chi connectivity index (χ2v) is 6.10. The third-order valence-electron chi connectivity index (χ3n) is 4.51. The van der Waals surface area contributed by atoms with Crippen LogP contribution in [0.1, 0.15) is 25.4 Å². The topological polar surface area (TPSA) is 37.4 Å². The molecule has 120 valence electrons. The second kappa shape index (κ2) is 7.11. The molecule has 0 spiro atoms. The summed E-state index contributed by atoms with van der Waals surface area (Å²) < 4.78 is 7.84. The molecule has 0 radical (unpaired) electrons. The van der Waals surface area contributed by atoms with Crippen LogP contribution in [0.3, 0.4) is 0 Å². The Morgan fingerprint density at radius 2 is 2.18 bits per heavy atom. The zero-order valence-electron chi connectivity index (χ0n) is 13.6. The number of imidazole rings is 1. The fourth-order valence-electron chi connectivity index (χ4n) is 3.33. The van der Waals surface area contributed by atoms with Gasteiger partial charge in [0.1, 0.15) is 11.6 Å². The molecule has 0 saturated carbocycles. The summed E-state index contributed by atoms with van der Waals surface area (Å²) in [5.41, 5.74) is 0. The van der Waals surface area contributed by atoms with Crippen molar-refractivity contribution in [2.45, 2.75) is 33.5 Å². The second-order valence-electron chi connectivity index (χ2n) is 6.10. The average Bonchev–Trinajstić information content (AvgIpc) is 3.14. The number of nitrogens with zero attached hydrogens (tertiary/aromatic N) is 4. The molecule has 1 aliphatic heterocycles. The summed E-state index contributed by atoms with van der Waals surface area (Å²) in [7, 11) is 0. The molecule has 0 fully saturated rings. The first-order valence-corrected chi connectivity index (χ1v) is 8.25. The highest BCUT2D eigenvalue weighted by Crippen LogP contribution is 2.19. The molecule has 2 aromatic heterocycles. The number of hydrogen-bond donors (Lipinski definition) is 0. The molecule has 3 heterocycles. The van der Waals surface area contributed by atoms with E-state index in [0.717, 1.165) is 57.4 Å². The van der Waals surface area contributed by atoms with E-state index < -0.39 is 0 Å². The molecular formula is C17H26N4O. The van der Waals surface area contributed by atoms with E-state index in [2.05, 4.69) is 45.5 Å². The Labute approximate surface area is 132 Å². The van der Waals surface area contributed by atoms with Crippen LogP contribution in [0.25, 0.3) is 0 Å². The van der Waals surface area contributed by atoms with E-state index in [9.17, 15) is 0 Å². The molecule has 1 aliphatic rings. The zero-order valence-corrected chi connectivity index (χ0v) is 13.6. The van der Waals surface area contributed by atoms with Gasteiger partial charge in [-0.25, -0.2) is 4.98 Å². The highest BCUT2D eigenvalue weighted by Gasteiger charge is 2.24. The van der Waals surface area contributed by atoms with Gasteiger partial charge in [-0.05, 0) is 25.2 Å². The normalized spacial score (nSPS) is 19.3. The van der Waals surface area contributed by atoms with Crippen molar-refractivity contribution in [3.05, 3.63) is 42.4 Å². The van der Waals surface area contributed by atoms with Gasteiger partial charge in [-0.3, -0.25) is 4.90 Å². The summed E-state index contributed by atoms with van der Waals surface area (Å²) in [6.07, 6.45) is 5.78. The molecule has 0 aromatic carbocycles. The molecule has 5 heteroatoms. The third kappa shape index (κ3) is 3.59. The molecule has 1 atom stereocenters. The van der Waals surface area contributed by atoms with Gasteiger partial charge in [-0.1, -0.05) is 13.8 Å². The van der Waals surface area contributed by atoms with E-state index in [0.29, 0.717) is 5.92 Å². The van der Waals surface area contributed by atoms with Crippen LogP contribution in [0.15, 0.2) is 35.2 Å². The van der Waals surface area contributed by atoms with Crippen molar-refractivity contribution in [3.8, 4) is 0 Å². The summed E-state index contributed by atoms with van der Waals surface area (Å²) >= 11 is 0. The molecule has 0 N–H and O–H groups in total. The lowest BCUT2D eigenvalue weighted by Gasteiger charge is -2.27. The van der Waals surface area contributed by atoms with Crippen LogP contribution in [0.2, 0.25) is 0 Å². The fourth-order valence-corrected chi connectivity index (χ4v) is 3.33. The molecule has 5 nitrogen and oxygen atoms in total. The summed E-state index contributed by atoms with van der Waals surface area (Å²) in [4.78, 5) is 9.50. The lowest BCUT2D eigenvalue weighted by Crippen LogP contribution is -2.36. The van der Waals surface area contributed by atoms with E-state index >= 15 is 0 Å². The third-order valence-corrected chi connectivity index (χ3v) is 4.51. The Balaban J connectivity index is 1.73. The summed E-state index contributed by atoms with van der Waals surface area (Å²) in [6.45, 7) is 11.7. The number of fused-ring (bicyclic) bond motifs is 1. The van der Waals surface area contributed by atoms with Gasteiger partial charge in [0, 0.05) is 37.9 Å². The van der Waals surface area contributed by atoms with Crippen molar-refractivity contribution in [1.82, 2.24) is 19.4 Å². The van der Waals surface area contributed by atoms with Crippen molar-refractivity contribution in [2.75, 3.05) is 26.2 Å². The zero-order chi connectivity index (χ0) is 15.4. The molecular weight excluding hydrogens is 276 g/mol. The average molecular weight is 302 g/mol. The van der Waals surface area contributed by atoms with Crippen molar-refractivity contribution in [1.29, 1.82) is 0 Å². The van der Waals surface area contributed by atoms with Gasteiger partial charge in [0.15, 0.2) is 0 Å². The molecule has 0 saturated heterocycles.